The maximum atomic E-state index is 13.4. The molecule has 8 nitrogen and oxygen atoms in total. The molecule has 2 N–H and O–H groups in total. The third-order valence-corrected chi connectivity index (χ3v) is 5.81. The number of rotatable bonds is 5. The van der Waals surface area contributed by atoms with E-state index in [2.05, 4.69) is 10.3 Å². The Labute approximate surface area is 206 Å². The van der Waals surface area contributed by atoms with Gasteiger partial charge in [0.2, 0.25) is 5.43 Å². The minimum Gasteiger partial charge on any atom is -0.343 e. The van der Waals surface area contributed by atoms with Gasteiger partial charge in [0.1, 0.15) is 5.69 Å². The highest BCUT2D eigenvalue weighted by atomic mass is 16.2. The lowest BCUT2D eigenvalue weighted by molar-refractivity contribution is 0.102. The molecule has 3 aromatic heterocycles. The Morgan fingerprint density at radius 1 is 0.861 bits per heavy atom. The summed E-state index contributed by atoms with van der Waals surface area (Å²) in [5, 5.41) is 2.66. The van der Waals surface area contributed by atoms with Crippen LogP contribution in [0.5, 0.6) is 0 Å². The first kappa shape index (κ1) is 22.9. The Balaban J connectivity index is 1.69. The van der Waals surface area contributed by atoms with Gasteiger partial charge in [0.25, 0.3) is 11.5 Å². The summed E-state index contributed by atoms with van der Waals surface area (Å²) < 4.78 is 1.61. The molecular formula is C28H23N5O3. The molecule has 178 valence electrons. The minimum atomic E-state index is -0.460. The van der Waals surface area contributed by atoms with Gasteiger partial charge in [-0.05, 0) is 32.0 Å². The molecule has 0 saturated heterocycles. The van der Waals surface area contributed by atoms with Crippen molar-refractivity contribution in [3.05, 3.63) is 111 Å². The van der Waals surface area contributed by atoms with E-state index in [0.29, 0.717) is 22.5 Å². The smallest absolute Gasteiger partial charge is 0.255 e. The number of carbonyl (C=O) groups is 1. The molecular weight excluding hydrogens is 454 g/mol. The second kappa shape index (κ2) is 9.42. The van der Waals surface area contributed by atoms with Gasteiger partial charge in [0, 0.05) is 41.2 Å². The van der Waals surface area contributed by atoms with Gasteiger partial charge in [-0.25, -0.2) is 9.97 Å². The second-order valence-electron chi connectivity index (χ2n) is 8.59. The highest BCUT2D eigenvalue weighted by Crippen LogP contribution is 2.30. The summed E-state index contributed by atoms with van der Waals surface area (Å²) >= 11 is 0. The van der Waals surface area contributed by atoms with E-state index < -0.39 is 11.3 Å². The standard InChI is InChI=1S/C28H23N5O3/c1-17(2)33-16-20(13-14-22(33)34)24-23(18-9-5-3-6-10-18)32-27-25(31-24)26(35)21(15-29-27)30-28(36)19-11-7-4-8-12-19/h3-17H,1-2H3,(H,30,36)(H,29,32,35). The number of pyridine rings is 2. The molecule has 0 aliphatic heterocycles. The lowest BCUT2D eigenvalue weighted by Crippen LogP contribution is -2.21. The van der Waals surface area contributed by atoms with Gasteiger partial charge in [0.05, 0.1) is 11.4 Å². The molecule has 0 aliphatic rings. The van der Waals surface area contributed by atoms with Crippen LogP contribution in [0.15, 0.2) is 94.8 Å². The van der Waals surface area contributed by atoms with Crippen molar-refractivity contribution >= 4 is 22.8 Å². The van der Waals surface area contributed by atoms with Crippen molar-refractivity contribution in [1.82, 2.24) is 19.5 Å². The molecule has 0 spiro atoms. The average Bonchev–Trinajstić information content (AvgIpc) is 2.91. The van der Waals surface area contributed by atoms with Crippen LogP contribution in [-0.4, -0.2) is 25.4 Å². The minimum absolute atomic E-state index is 0.0609. The molecule has 1 amide bonds. The van der Waals surface area contributed by atoms with Crippen molar-refractivity contribution < 1.29 is 4.79 Å². The molecule has 0 atom stereocenters. The summed E-state index contributed by atoms with van der Waals surface area (Å²) in [5.74, 6) is -0.404. The first-order chi connectivity index (χ1) is 17.4. The monoisotopic (exact) mass is 477 g/mol. The fourth-order valence-corrected chi connectivity index (χ4v) is 3.95. The van der Waals surface area contributed by atoms with Crippen LogP contribution in [0.2, 0.25) is 0 Å². The van der Waals surface area contributed by atoms with E-state index in [-0.39, 0.29) is 28.5 Å². The Kier molecular flexibility index (Phi) is 6.00. The number of hydrogen-bond acceptors (Lipinski definition) is 5. The molecule has 0 radical (unpaired) electrons. The zero-order valence-corrected chi connectivity index (χ0v) is 19.7. The van der Waals surface area contributed by atoms with Gasteiger partial charge in [-0.15, -0.1) is 0 Å². The van der Waals surface area contributed by atoms with E-state index >= 15 is 0 Å². The molecule has 36 heavy (non-hydrogen) atoms. The summed E-state index contributed by atoms with van der Waals surface area (Å²) in [5.41, 5.74) is 2.76. The molecule has 5 aromatic rings. The Bertz CT molecular complexity index is 1690. The van der Waals surface area contributed by atoms with Gasteiger partial charge in [-0.1, -0.05) is 48.5 Å². The first-order valence-corrected chi connectivity index (χ1v) is 11.5. The Morgan fingerprint density at radius 2 is 1.53 bits per heavy atom. The van der Waals surface area contributed by atoms with Gasteiger partial charge in [-0.2, -0.15) is 0 Å². The van der Waals surface area contributed by atoms with Crippen LogP contribution >= 0.6 is 0 Å². The third-order valence-electron chi connectivity index (χ3n) is 5.81. The first-order valence-electron chi connectivity index (χ1n) is 11.5. The lowest BCUT2D eigenvalue weighted by atomic mass is 10.0. The molecule has 5 rings (SSSR count). The maximum Gasteiger partial charge on any atom is 0.255 e. The predicted octanol–water partition coefficient (Wildman–Crippen LogP) is 4.65. The average molecular weight is 478 g/mol. The topological polar surface area (TPSA) is 110 Å². The Hall–Kier alpha value is -4.85. The largest absolute Gasteiger partial charge is 0.343 e. The second-order valence-corrected chi connectivity index (χ2v) is 8.59. The van der Waals surface area contributed by atoms with Crippen molar-refractivity contribution in [3.63, 3.8) is 0 Å². The molecule has 2 aromatic carbocycles. The lowest BCUT2D eigenvalue weighted by Gasteiger charge is -2.14. The quantitative estimate of drug-likeness (QED) is 0.383. The van der Waals surface area contributed by atoms with Crippen molar-refractivity contribution in [1.29, 1.82) is 0 Å². The predicted molar refractivity (Wildman–Crippen MR) is 140 cm³/mol. The number of nitrogens with zero attached hydrogens (tertiary/aromatic N) is 3. The number of nitrogens with one attached hydrogen (secondary N) is 2. The zero-order chi connectivity index (χ0) is 25.2. The van der Waals surface area contributed by atoms with Gasteiger partial charge in [0.15, 0.2) is 11.2 Å². The Morgan fingerprint density at radius 3 is 2.22 bits per heavy atom. The van der Waals surface area contributed by atoms with Crippen molar-refractivity contribution in [2.24, 2.45) is 0 Å². The molecule has 0 aliphatic carbocycles. The summed E-state index contributed by atoms with van der Waals surface area (Å²) in [6, 6.07) is 21.2. The SMILES string of the molecule is CC(C)n1cc(-c2nc3c(=O)c(NC(=O)c4ccccc4)c[nH]c3nc2-c2ccccc2)ccc1=O. The van der Waals surface area contributed by atoms with Crippen LogP contribution in [0.3, 0.4) is 0 Å². The summed E-state index contributed by atoms with van der Waals surface area (Å²) in [6.07, 6.45) is 3.15. The number of fused-ring (bicyclic) bond motifs is 1. The summed E-state index contributed by atoms with van der Waals surface area (Å²) in [6.45, 7) is 3.84. The number of H-pyrrole nitrogens is 1. The molecule has 0 saturated carbocycles. The van der Waals surface area contributed by atoms with Crippen molar-refractivity contribution in [3.8, 4) is 22.5 Å². The van der Waals surface area contributed by atoms with Crippen molar-refractivity contribution in [2.45, 2.75) is 19.9 Å². The van der Waals surface area contributed by atoms with Crippen LogP contribution in [0.4, 0.5) is 5.69 Å². The van der Waals surface area contributed by atoms with Crippen LogP contribution in [0, 0.1) is 0 Å². The highest BCUT2D eigenvalue weighted by Gasteiger charge is 2.18. The van der Waals surface area contributed by atoms with Gasteiger partial charge in [-0.3, -0.25) is 14.4 Å². The normalized spacial score (nSPS) is 11.1. The van der Waals surface area contributed by atoms with E-state index in [1.165, 1.54) is 12.3 Å². The van der Waals surface area contributed by atoms with E-state index in [0.717, 1.165) is 5.56 Å². The van der Waals surface area contributed by atoms with Gasteiger partial charge < -0.3 is 14.9 Å². The van der Waals surface area contributed by atoms with E-state index in [4.69, 9.17) is 9.97 Å². The third kappa shape index (κ3) is 4.32. The fourth-order valence-electron chi connectivity index (χ4n) is 3.95. The number of aromatic amines is 1. The number of aromatic nitrogens is 4. The summed E-state index contributed by atoms with van der Waals surface area (Å²) in [7, 11) is 0. The molecule has 0 fully saturated rings. The highest BCUT2D eigenvalue weighted by molar-refractivity contribution is 6.04. The summed E-state index contributed by atoms with van der Waals surface area (Å²) in [4.78, 5) is 50.8. The van der Waals surface area contributed by atoms with E-state index in [9.17, 15) is 14.4 Å². The number of anilines is 1. The molecule has 0 unspecified atom stereocenters. The number of hydrogen-bond donors (Lipinski definition) is 2. The zero-order valence-electron chi connectivity index (χ0n) is 19.7. The number of carbonyl (C=O) groups excluding carboxylic acids is 1. The number of benzene rings is 2. The molecule has 3 heterocycles. The van der Waals surface area contributed by atoms with Crippen molar-refractivity contribution in [2.75, 3.05) is 5.32 Å². The van der Waals surface area contributed by atoms with Crippen LogP contribution in [0.1, 0.15) is 30.2 Å². The van der Waals surface area contributed by atoms with Crippen LogP contribution < -0.4 is 16.3 Å². The fraction of sp³-hybridized carbons (Fsp3) is 0.107. The van der Waals surface area contributed by atoms with Gasteiger partial charge >= 0.3 is 0 Å². The molecule has 0 bridgehead atoms. The van der Waals surface area contributed by atoms with E-state index in [1.807, 2.05) is 50.2 Å². The van der Waals surface area contributed by atoms with E-state index in [1.54, 1.807) is 41.1 Å². The maximum absolute atomic E-state index is 13.4. The number of amides is 1. The molecule has 8 heteroatoms. The van der Waals surface area contributed by atoms with Crippen LogP contribution in [-0.2, 0) is 0 Å². The van der Waals surface area contributed by atoms with Crippen LogP contribution in [0.25, 0.3) is 33.7 Å².